The molecular weight excluding hydrogens is 372 g/mol. The highest BCUT2D eigenvalue weighted by molar-refractivity contribution is 5.86. The molecule has 1 heterocycles. The number of piperidine rings is 1. The first-order valence-electron chi connectivity index (χ1n) is 10.4. The number of rotatable bonds is 8. The molecule has 1 saturated heterocycles. The number of carbonyl (C=O) groups is 3. The van der Waals surface area contributed by atoms with Crippen molar-refractivity contribution in [1.29, 1.82) is 0 Å². The topological polar surface area (TPSA) is 84.9 Å². The van der Waals surface area contributed by atoms with E-state index in [-0.39, 0.29) is 30.3 Å². The summed E-state index contributed by atoms with van der Waals surface area (Å²) in [7, 11) is 0. The zero-order valence-corrected chi connectivity index (χ0v) is 17.6. The molecule has 1 aliphatic rings. The predicted octanol–water partition coefficient (Wildman–Crippen LogP) is 3.13. The SMILES string of the molecule is CCOC(=O)C1CCN(C(=O)[C@@H](NC(=O)OCc2ccccc2)[C@@H](C)CC)CC1. The van der Waals surface area contributed by atoms with Gasteiger partial charge in [-0.1, -0.05) is 50.6 Å². The minimum absolute atomic E-state index is 0.0328. The number of ether oxygens (including phenoxy) is 2. The van der Waals surface area contributed by atoms with Gasteiger partial charge in [0.05, 0.1) is 12.5 Å². The summed E-state index contributed by atoms with van der Waals surface area (Å²) in [6.45, 7) is 7.18. The summed E-state index contributed by atoms with van der Waals surface area (Å²) in [4.78, 5) is 39.0. The lowest BCUT2D eigenvalue weighted by molar-refractivity contribution is -0.151. The van der Waals surface area contributed by atoms with Gasteiger partial charge in [0.25, 0.3) is 0 Å². The Morgan fingerprint density at radius 3 is 2.34 bits per heavy atom. The number of esters is 1. The third-order valence-corrected chi connectivity index (χ3v) is 5.39. The van der Waals surface area contributed by atoms with Crippen molar-refractivity contribution in [2.75, 3.05) is 19.7 Å². The molecule has 2 atom stereocenters. The largest absolute Gasteiger partial charge is 0.466 e. The number of carbonyl (C=O) groups excluding carboxylic acids is 3. The van der Waals surface area contributed by atoms with Crippen LogP contribution in [0.4, 0.5) is 4.79 Å². The summed E-state index contributed by atoms with van der Waals surface area (Å²) in [6.07, 6.45) is 1.30. The molecule has 160 valence electrons. The highest BCUT2D eigenvalue weighted by Crippen LogP contribution is 2.21. The summed E-state index contributed by atoms with van der Waals surface area (Å²) in [6, 6.07) is 8.75. The number of nitrogens with zero attached hydrogens (tertiary/aromatic N) is 1. The Labute approximate surface area is 172 Å². The van der Waals surface area contributed by atoms with Gasteiger partial charge in [-0.25, -0.2) is 4.79 Å². The summed E-state index contributed by atoms with van der Waals surface area (Å²) in [5.74, 6) is -0.515. The molecule has 1 aromatic carbocycles. The lowest BCUT2D eigenvalue weighted by Crippen LogP contribution is -2.53. The van der Waals surface area contributed by atoms with Gasteiger partial charge in [-0.2, -0.15) is 0 Å². The van der Waals surface area contributed by atoms with E-state index in [0.29, 0.717) is 32.5 Å². The van der Waals surface area contributed by atoms with Crippen LogP contribution < -0.4 is 5.32 Å². The van der Waals surface area contributed by atoms with Crippen LogP contribution in [0.25, 0.3) is 0 Å². The summed E-state index contributed by atoms with van der Waals surface area (Å²) in [5, 5.41) is 2.75. The van der Waals surface area contributed by atoms with E-state index in [2.05, 4.69) is 5.32 Å². The second-order valence-electron chi connectivity index (χ2n) is 7.42. The first kappa shape index (κ1) is 22.7. The number of alkyl carbamates (subject to hydrolysis) is 1. The maximum Gasteiger partial charge on any atom is 0.408 e. The van der Waals surface area contributed by atoms with Crippen LogP contribution in [-0.2, 0) is 25.7 Å². The molecule has 0 radical (unpaired) electrons. The van der Waals surface area contributed by atoms with Gasteiger partial charge in [0.15, 0.2) is 0 Å². The van der Waals surface area contributed by atoms with Crippen LogP contribution in [0.15, 0.2) is 30.3 Å². The van der Waals surface area contributed by atoms with Crippen LogP contribution in [-0.4, -0.2) is 48.6 Å². The third-order valence-electron chi connectivity index (χ3n) is 5.39. The van der Waals surface area contributed by atoms with Crippen LogP contribution >= 0.6 is 0 Å². The first-order valence-corrected chi connectivity index (χ1v) is 10.4. The third kappa shape index (κ3) is 6.76. The van der Waals surface area contributed by atoms with Gasteiger partial charge < -0.3 is 19.7 Å². The lowest BCUT2D eigenvalue weighted by atomic mass is 9.94. The fraction of sp³-hybridized carbons (Fsp3) is 0.591. The van der Waals surface area contributed by atoms with Gasteiger partial charge in [-0.05, 0) is 31.2 Å². The molecular formula is C22H32N2O5. The van der Waals surface area contributed by atoms with Crippen molar-refractivity contribution in [3.05, 3.63) is 35.9 Å². The number of amides is 2. The van der Waals surface area contributed by atoms with Crippen molar-refractivity contribution in [2.24, 2.45) is 11.8 Å². The van der Waals surface area contributed by atoms with E-state index in [9.17, 15) is 14.4 Å². The van der Waals surface area contributed by atoms with E-state index in [1.807, 2.05) is 44.2 Å². The average molecular weight is 405 g/mol. The Kier molecular flexibility index (Phi) is 8.96. The molecule has 7 heteroatoms. The fourth-order valence-electron chi connectivity index (χ4n) is 3.37. The lowest BCUT2D eigenvalue weighted by Gasteiger charge is -2.35. The molecule has 0 saturated carbocycles. The number of benzene rings is 1. The zero-order valence-electron chi connectivity index (χ0n) is 17.6. The molecule has 0 unspecified atom stereocenters. The zero-order chi connectivity index (χ0) is 21.2. The fourth-order valence-corrected chi connectivity index (χ4v) is 3.37. The molecule has 7 nitrogen and oxygen atoms in total. The van der Waals surface area contributed by atoms with Gasteiger partial charge >= 0.3 is 12.1 Å². The average Bonchev–Trinajstić information content (AvgIpc) is 2.76. The van der Waals surface area contributed by atoms with Crippen molar-refractivity contribution in [1.82, 2.24) is 10.2 Å². The Morgan fingerprint density at radius 1 is 1.10 bits per heavy atom. The van der Waals surface area contributed by atoms with Gasteiger partial charge in [0, 0.05) is 13.1 Å². The minimum Gasteiger partial charge on any atom is -0.466 e. The number of hydrogen-bond acceptors (Lipinski definition) is 5. The van der Waals surface area contributed by atoms with Crippen molar-refractivity contribution < 1.29 is 23.9 Å². The number of likely N-dealkylation sites (tertiary alicyclic amines) is 1. The number of nitrogens with one attached hydrogen (secondary N) is 1. The van der Waals surface area contributed by atoms with E-state index in [0.717, 1.165) is 12.0 Å². The van der Waals surface area contributed by atoms with Gasteiger partial charge in [-0.3, -0.25) is 9.59 Å². The minimum atomic E-state index is -0.651. The molecule has 1 aromatic rings. The normalized spacial score (nSPS) is 16.6. The van der Waals surface area contributed by atoms with E-state index in [4.69, 9.17) is 9.47 Å². The van der Waals surface area contributed by atoms with Crippen molar-refractivity contribution in [2.45, 2.75) is 52.7 Å². The summed E-state index contributed by atoms with van der Waals surface area (Å²) >= 11 is 0. The molecule has 1 N–H and O–H groups in total. The van der Waals surface area contributed by atoms with Crippen LogP contribution in [0.5, 0.6) is 0 Å². The van der Waals surface area contributed by atoms with Gasteiger partial charge in [0.2, 0.25) is 5.91 Å². The van der Waals surface area contributed by atoms with E-state index in [1.54, 1.807) is 11.8 Å². The number of hydrogen-bond donors (Lipinski definition) is 1. The molecule has 0 aliphatic carbocycles. The Hall–Kier alpha value is -2.57. The monoisotopic (exact) mass is 404 g/mol. The maximum absolute atomic E-state index is 13.1. The summed E-state index contributed by atoms with van der Waals surface area (Å²) < 4.78 is 10.4. The van der Waals surface area contributed by atoms with Crippen LogP contribution in [0.1, 0.15) is 45.6 Å². The molecule has 0 spiro atoms. The molecule has 0 bridgehead atoms. The van der Waals surface area contributed by atoms with E-state index >= 15 is 0 Å². The Morgan fingerprint density at radius 2 is 1.76 bits per heavy atom. The molecule has 29 heavy (non-hydrogen) atoms. The highest BCUT2D eigenvalue weighted by atomic mass is 16.5. The molecule has 1 fully saturated rings. The molecule has 2 rings (SSSR count). The smallest absolute Gasteiger partial charge is 0.408 e. The van der Waals surface area contributed by atoms with E-state index < -0.39 is 12.1 Å². The van der Waals surface area contributed by atoms with Crippen LogP contribution in [0.3, 0.4) is 0 Å². The maximum atomic E-state index is 13.1. The van der Waals surface area contributed by atoms with E-state index in [1.165, 1.54) is 0 Å². The Bertz CT molecular complexity index is 671. The van der Waals surface area contributed by atoms with Crippen LogP contribution in [0.2, 0.25) is 0 Å². The quantitative estimate of drug-likeness (QED) is 0.673. The molecule has 1 aliphatic heterocycles. The highest BCUT2D eigenvalue weighted by Gasteiger charge is 2.34. The first-order chi connectivity index (χ1) is 14.0. The second-order valence-corrected chi connectivity index (χ2v) is 7.42. The Balaban J connectivity index is 1.91. The van der Waals surface area contributed by atoms with Crippen LogP contribution in [0, 0.1) is 11.8 Å². The standard InChI is InChI=1S/C22H32N2O5/c1-4-16(3)19(23-22(27)29-15-17-9-7-6-8-10-17)20(25)24-13-11-18(12-14-24)21(26)28-5-2/h6-10,16,18-19H,4-5,11-15H2,1-3H3,(H,23,27)/t16-,19-/m0/s1. The van der Waals surface area contributed by atoms with Gasteiger partial charge in [0.1, 0.15) is 12.6 Å². The molecule has 0 aromatic heterocycles. The predicted molar refractivity (Wildman–Crippen MR) is 109 cm³/mol. The van der Waals surface area contributed by atoms with Crippen molar-refractivity contribution in [3.63, 3.8) is 0 Å². The van der Waals surface area contributed by atoms with Crippen molar-refractivity contribution in [3.8, 4) is 0 Å². The summed E-state index contributed by atoms with van der Waals surface area (Å²) in [5.41, 5.74) is 0.884. The second kappa shape index (κ2) is 11.4. The van der Waals surface area contributed by atoms with Crippen molar-refractivity contribution >= 4 is 18.0 Å². The molecule has 2 amide bonds. The van der Waals surface area contributed by atoms with Gasteiger partial charge in [-0.15, -0.1) is 0 Å².